The highest BCUT2D eigenvalue weighted by molar-refractivity contribution is 5.33. The summed E-state index contributed by atoms with van der Waals surface area (Å²) in [5.74, 6) is -2.37. The lowest BCUT2D eigenvalue weighted by Crippen LogP contribution is -1.90. The molecule has 2 rings (SSSR count). The third-order valence-corrected chi connectivity index (χ3v) is 1.83. The average Bonchev–Trinajstić information content (AvgIpc) is 2.22. The first kappa shape index (κ1) is 3.81. The first-order valence-corrected chi connectivity index (χ1v) is 2.41. The van der Waals surface area contributed by atoms with Crippen molar-refractivity contribution >= 4 is 0 Å². The minimum Gasteiger partial charge on any atom is -0.206 e. The van der Waals surface area contributed by atoms with Crippen molar-refractivity contribution < 1.29 is 8.78 Å². The van der Waals surface area contributed by atoms with Crippen molar-refractivity contribution in [1.82, 2.24) is 0 Å². The maximum absolute atomic E-state index is 11.9. The molecule has 0 aromatic carbocycles. The van der Waals surface area contributed by atoms with Crippen molar-refractivity contribution in [2.24, 2.45) is 5.41 Å². The number of halogens is 2. The molecule has 0 saturated heterocycles. The number of rotatable bonds is 0. The van der Waals surface area contributed by atoms with Crippen LogP contribution in [0.2, 0.25) is 0 Å². The van der Waals surface area contributed by atoms with Crippen LogP contribution >= 0.6 is 0 Å². The molecule has 1 spiro atoms. The van der Waals surface area contributed by atoms with Gasteiger partial charge in [-0.15, -0.1) is 0 Å². The highest BCUT2D eigenvalue weighted by Crippen LogP contribution is 2.74. The molecular weight excluding hydrogens is 98.1 g/mol. The molecule has 39 valence electrons. The Kier molecular flexibility index (Phi) is 0.341. The Balaban J connectivity index is 2.22. The standard InChI is InChI=1S/C5H5F2/c6-5(7)3-4(5)1-2-4/h3H,1-2H2. The molecular formula is C5H5F2. The Morgan fingerprint density at radius 3 is 1.71 bits per heavy atom. The van der Waals surface area contributed by atoms with E-state index in [1.165, 1.54) is 0 Å². The quantitative estimate of drug-likeness (QED) is 0.437. The number of hydrogen-bond donors (Lipinski definition) is 0. The van der Waals surface area contributed by atoms with E-state index < -0.39 is 11.3 Å². The molecule has 2 heteroatoms. The molecule has 2 aliphatic carbocycles. The SMILES string of the molecule is FC1(F)[CH]C12CC2. The Morgan fingerprint density at radius 2 is 1.71 bits per heavy atom. The molecule has 0 aromatic heterocycles. The van der Waals surface area contributed by atoms with Crippen LogP contribution in [0, 0.1) is 11.8 Å². The third kappa shape index (κ3) is 0.274. The van der Waals surface area contributed by atoms with E-state index >= 15 is 0 Å². The Labute approximate surface area is 40.5 Å². The van der Waals surface area contributed by atoms with Gasteiger partial charge in [0.15, 0.2) is 0 Å². The maximum Gasteiger partial charge on any atom is 0.258 e. The summed E-state index contributed by atoms with van der Waals surface area (Å²) >= 11 is 0. The first-order chi connectivity index (χ1) is 3.16. The van der Waals surface area contributed by atoms with Crippen LogP contribution in [0.4, 0.5) is 8.78 Å². The zero-order valence-corrected chi connectivity index (χ0v) is 3.75. The molecule has 0 aliphatic heterocycles. The second-order valence-electron chi connectivity index (χ2n) is 2.42. The van der Waals surface area contributed by atoms with Gasteiger partial charge in [-0.2, -0.15) is 0 Å². The normalized spacial score (nSPS) is 38.6. The van der Waals surface area contributed by atoms with Crippen LogP contribution in [0.15, 0.2) is 0 Å². The van der Waals surface area contributed by atoms with Crippen LogP contribution in [-0.4, -0.2) is 5.92 Å². The zero-order valence-electron chi connectivity index (χ0n) is 3.75. The van der Waals surface area contributed by atoms with E-state index in [1.54, 1.807) is 0 Å². The summed E-state index contributed by atoms with van der Waals surface area (Å²) in [6.45, 7) is 0. The molecule has 0 bridgehead atoms. The van der Waals surface area contributed by atoms with Crippen LogP contribution in [-0.2, 0) is 0 Å². The fourth-order valence-corrected chi connectivity index (χ4v) is 0.923. The molecule has 7 heavy (non-hydrogen) atoms. The lowest BCUT2D eigenvalue weighted by Gasteiger charge is -1.84. The Hall–Kier alpha value is -0.140. The van der Waals surface area contributed by atoms with Gasteiger partial charge in [-0.3, -0.25) is 0 Å². The van der Waals surface area contributed by atoms with Crippen LogP contribution in [0.1, 0.15) is 12.8 Å². The third-order valence-electron chi connectivity index (χ3n) is 1.83. The molecule has 0 N–H and O–H groups in total. The fourth-order valence-electron chi connectivity index (χ4n) is 0.923. The second-order valence-corrected chi connectivity index (χ2v) is 2.42. The van der Waals surface area contributed by atoms with E-state index in [9.17, 15) is 8.78 Å². The molecule has 0 aromatic rings. The average molecular weight is 103 g/mol. The van der Waals surface area contributed by atoms with Gasteiger partial charge in [-0.25, -0.2) is 8.78 Å². The van der Waals surface area contributed by atoms with Crippen molar-refractivity contribution in [2.75, 3.05) is 0 Å². The van der Waals surface area contributed by atoms with Crippen LogP contribution < -0.4 is 0 Å². The first-order valence-electron chi connectivity index (χ1n) is 2.41. The molecule has 2 saturated carbocycles. The fraction of sp³-hybridized carbons (Fsp3) is 0.800. The minimum absolute atomic E-state index is 0.562. The van der Waals surface area contributed by atoms with Crippen LogP contribution in [0.5, 0.6) is 0 Å². The van der Waals surface area contributed by atoms with Gasteiger partial charge in [0.05, 0.1) is 0 Å². The van der Waals surface area contributed by atoms with E-state index in [-0.39, 0.29) is 0 Å². The predicted octanol–water partition coefficient (Wildman–Crippen LogP) is 1.62. The molecule has 0 heterocycles. The van der Waals surface area contributed by atoms with E-state index in [2.05, 4.69) is 0 Å². The van der Waals surface area contributed by atoms with Gasteiger partial charge in [0.1, 0.15) is 0 Å². The maximum atomic E-state index is 11.9. The van der Waals surface area contributed by atoms with E-state index in [4.69, 9.17) is 0 Å². The smallest absolute Gasteiger partial charge is 0.206 e. The van der Waals surface area contributed by atoms with E-state index in [0.29, 0.717) is 0 Å². The molecule has 0 amide bonds. The van der Waals surface area contributed by atoms with E-state index in [1.807, 2.05) is 0 Å². The Morgan fingerprint density at radius 1 is 1.29 bits per heavy atom. The summed E-state index contributed by atoms with van der Waals surface area (Å²) in [6, 6.07) is 0. The van der Waals surface area contributed by atoms with Crippen LogP contribution in [0.3, 0.4) is 0 Å². The molecule has 2 aliphatic rings. The number of alkyl halides is 2. The lowest BCUT2D eigenvalue weighted by molar-refractivity contribution is 0.102. The summed E-state index contributed by atoms with van der Waals surface area (Å²) in [5.41, 5.74) is -0.562. The molecule has 0 atom stereocenters. The van der Waals surface area contributed by atoms with Crippen molar-refractivity contribution in [2.45, 2.75) is 18.8 Å². The predicted molar refractivity (Wildman–Crippen MR) is 20.9 cm³/mol. The van der Waals surface area contributed by atoms with Crippen molar-refractivity contribution in [3.8, 4) is 0 Å². The van der Waals surface area contributed by atoms with Gasteiger partial charge in [0.2, 0.25) is 0 Å². The Bertz CT molecular complexity index is 111. The monoisotopic (exact) mass is 103 g/mol. The van der Waals surface area contributed by atoms with Gasteiger partial charge in [0.25, 0.3) is 5.92 Å². The van der Waals surface area contributed by atoms with Gasteiger partial charge < -0.3 is 0 Å². The molecule has 0 nitrogen and oxygen atoms in total. The van der Waals surface area contributed by atoms with Crippen LogP contribution in [0.25, 0.3) is 0 Å². The summed E-state index contributed by atoms with van der Waals surface area (Å²) in [7, 11) is 0. The van der Waals surface area contributed by atoms with Crippen molar-refractivity contribution in [3.63, 3.8) is 0 Å². The topological polar surface area (TPSA) is 0 Å². The van der Waals surface area contributed by atoms with Gasteiger partial charge in [-0.05, 0) is 12.8 Å². The van der Waals surface area contributed by atoms with E-state index in [0.717, 1.165) is 19.3 Å². The highest BCUT2D eigenvalue weighted by Gasteiger charge is 2.78. The van der Waals surface area contributed by atoms with Gasteiger partial charge in [0, 0.05) is 11.8 Å². The largest absolute Gasteiger partial charge is 0.258 e. The lowest BCUT2D eigenvalue weighted by atomic mass is 10.4. The highest BCUT2D eigenvalue weighted by atomic mass is 19.3. The van der Waals surface area contributed by atoms with Crippen molar-refractivity contribution in [1.29, 1.82) is 0 Å². The van der Waals surface area contributed by atoms with Gasteiger partial charge in [-0.1, -0.05) is 0 Å². The zero-order chi connectivity index (χ0) is 5.12. The summed E-state index contributed by atoms with van der Waals surface area (Å²) < 4.78 is 23.8. The second kappa shape index (κ2) is 0.627. The minimum atomic E-state index is -2.37. The van der Waals surface area contributed by atoms with Crippen molar-refractivity contribution in [3.05, 3.63) is 6.42 Å². The van der Waals surface area contributed by atoms with Gasteiger partial charge >= 0.3 is 0 Å². The molecule has 0 unspecified atom stereocenters. The summed E-state index contributed by atoms with van der Waals surface area (Å²) in [6.07, 6.45) is 2.60. The number of hydrogen-bond acceptors (Lipinski definition) is 0. The summed E-state index contributed by atoms with van der Waals surface area (Å²) in [4.78, 5) is 0. The summed E-state index contributed by atoms with van der Waals surface area (Å²) in [5, 5.41) is 0. The molecule has 2 fully saturated rings. The molecule has 1 radical (unpaired) electrons.